The fraction of sp³-hybridized carbons (Fsp3) is 0.316. The molecule has 0 bridgehead atoms. The number of nitrogens with zero attached hydrogens (tertiary/aromatic N) is 3. The Bertz CT molecular complexity index is 1040. The molecule has 0 aliphatic rings. The van der Waals surface area contributed by atoms with Crippen LogP contribution in [-0.2, 0) is 6.54 Å². The zero-order chi connectivity index (χ0) is 19.0. The maximum Gasteiger partial charge on any atom is 0.265 e. The summed E-state index contributed by atoms with van der Waals surface area (Å²) in [5.74, 6) is 0.295. The molecule has 0 atom stereocenters. The van der Waals surface area contributed by atoms with E-state index in [9.17, 15) is 9.59 Å². The number of halogens is 1. The molecule has 136 valence electrons. The molecule has 0 fully saturated rings. The van der Waals surface area contributed by atoms with Gasteiger partial charge in [-0.25, -0.2) is 4.98 Å². The Morgan fingerprint density at radius 3 is 2.77 bits per heavy atom. The number of aromatic nitrogens is 2. The molecule has 0 saturated heterocycles. The predicted octanol–water partition coefficient (Wildman–Crippen LogP) is 3.88. The van der Waals surface area contributed by atoms with Gasteiger partial charge < -0.3 is 9.32 Å². The number of fused-ring (bicyclic) bond motifs is 1. The molecule has 6 nitrogen and oxygen atoms in total. The smallest absolute Gasteiger partial charge is 0.265 e. The van der Waals surface area contributed by atoms with Crippen molar-refractivity contribution in [2.24, 2.45) is 5.92 Å². The molecule has 26 heavy (non-hydrogen) atoms. The third-order valence-corrected chi connectivity index (χ3v) is 4.37. The highest BCUT2D eigenvalue weighted by Crippen LogP contribution is 2.26. The third kappa shape index (κ3) is 3.24. The van der Waals surface area contributed by atoms with Crippen LogP contribution in [0.5, 0.6) is 0 Å². The fourth-order valence-electron chi connectivity index (χ4n) is 2.89. The Hall–Kier alpha value is -2.60. The van der Waals surface area contributed by atoms with E-state index in [4.69, 9.17) is 16.0 Å². The summed E-state index contributed by atoms with van der Waals surface area (Å²) < 4.78 is 7.08. The average Bonchev–Trinajstić information content (AvgIpc) is 2.92. The lowest BCUT2D eigenvalue weighted by Crippen LogP contribution is -2.29. The Balaban J connectivity index is 2.13. The maximum atomic E-state index is 13.1. The van der Waals surface area contributed by atoms with Gasteiger partial charge in [-0.1, -0.05) is 31.5 Å². The lowest BCUT2D eigenvalue weighted by Gasteiger charge is -2.17. The molecule has 0 radical (unpaired) electrons. The zero-order valence-electron chi connectivity index (χ0n) is 15.1. The van der Waals surface area contributed by atoms with E-state index in [1.807, 2.05) is 13.8 Å². The summed E-state index contributed by atoms with van der Waals surface area (Å²) in [6.45, 7) is 6.20. The van der Waals surface area contributed by atoms with Gasteiger partial charge in [0.15, 0.2) is 0 Å². The first-order valence-corrected chi connectivity index (χ1v) is 8.69. The van der Waals surface area contributed by atoms with Crippen molar-refractivity contribution in [1.82, 2.24) is 9.55 Å². The van der Waals surface area contributed by atoms with Crippen LogP contribution in [0.3, 0.4) is 0 Å². The first-order valence-electron chi connectivity index (χ1n) is 8.31. The Labute approximate surface area is 156 Å². The minimum absolute atomic E-state index is 0.176. The van der Waals surface area contributed by atoms with Gasteiger partial charge in [-0.2, -0.15) is 0 Å². The van der Waals surface area contributed by atoms with Crippen molar-refractivity contribution in [3.05, 3.63) is 57.3 Å². The van der Waals surface area contributed by atoms with Crippen LogP contribution in [-0.4, -0.2) is 22.5 Å². The molecule has 7 heteroatoms. The quantitative estimate of drug-likeness (QED) is 0.695. The number of anilines is 1. The van der Waals surface area contributed by atoms with Crippen LogP contribution in [0.25, 0.3) is 11.1 Å². The summed E-state index contributed by atoms with van der Waals surface area (Å²) in [5, 5.41) is 0.737. The van der Waals surface area contributed by atoms with Crippen LogP contribution in [0, 0.1) is 12.8 Å². The van der Waals surface area contributed by atoms with E-state index in [1.54, 1.807) is 38.2 Å². The van der Waals surface area contributed by atoms with Crippen molar-refractivity contribution in [2.45, 2.75) is 27.3 Å². The van der Waals surface area contributed by atoms with Crippen LogP contribution in [0.4, 0.5) is 5.69 Å². The Morgan fingerprint density at radius 2 is 2.12 bits per heavy atom. The second-order valence-corrected chi connectivity index (χ2v) is 7.09. The van der Waals surface area contributed by atoms with Gasteiger partial charge >= 0.3 is 0 Å². The summed E-state index contributed by atoms with van der Waals surface area (Å²) in [4.78, 5) is 31.6. The molecular weight excluding hydrogens is 354 g/mol. The number of hydrogen-bond acceptors (Lipinski definition) is 4. The van der Waals surface area contributed by atoms with E-state index in [1.165, 1.54) is 15.8 Å². The highest BCUT2D eigenvalue weighted by Gasteiger charge is 2.26. The van der Waals surface area contributed by atoms with Crippen molar-refractivity contribution in [3.8, 4) is 0 Å². The van der Waals surface area contributed by atoms with Gasteiger partial charge in [0.25, 0.3) is 11.5 Å². The standard InChI is InChI=1S/C19H20ClN3O3/c1-11(2)9-23-10-21-17-16(19(23)25)15(12(3)26-17)18(24)22(4)14-7-5-6-13(20)8-14/h5-8,10-11H,9H2,1-4H3. The number of aryl methyl sites for hydroxylation is 1. The summed E-state index contributed by atoms with van der Waals surface area (Å²) in [7, 11) is 1.63. The van der Waals surface area contributed by atoms with E-state index in [2.05, 4.69) is 4.98 Å². The van der Waals surface area contributed by atoms with E-state index < -0.39 is 0 Å². The first-order chi connectivity index (χ1) is 12.3. The summed E-state index contributed by atoms with van der Waals surface area (Å²) >= 11 is 6.02. The topological polar surface area (TPSA) is 68.3 Å². The van der Waals surface area contributed by atoms with E-state index >= 15 is 0 Å². The first kappa shape index (κ1) is 18.2. The minimum Gasteiger partial charge on any atom is -0.442 e. The molecule has 2 heterocycles. The van der Waals surface area contributed by atoms with Gasteiger partial charge in [-0.3, -0.25) is 14.2 Å². The average molecular weight is 374 g/mol. The van der Waals surface area contributed by atoms with Gasteiger partial charge in [-0.05, 0) is 31.0 Å². The van der Waals surface area contributed by atoms with Crippen LogP contribution in [0.2, 0.25) is 5.02 Å². The van der Waals surface area contributed by atoms with E-state index in [0.717, 1.165) is 0 Å². The molecule has 0 saturated carbocycles. The molecule has 3 rings (SSSR count). The number of carbonyl (C=O) groups is 1. The molecule has 0 aliphatic heterocycles. The lowest BCUT2D eigenvalue weighted by molar-refractivity contribution is 0.0993. The monoisotopic (exact) mass is 373 g/mol. The van der Waals surface area contributed by atoms with Crippen LogP contribution in [0.15, 0.2) is 39.8 Å². The number of amides is 1. The van der Waals surface area contributed by atoms with Crippen molar-refractivity contribution < 1.29 is 9.21 Å². The molecule has 0 unspecified atom stereocenters. The summed E-state index contributed by atoms with van der Waals surface area (Å²) in [6, 6.07) is 6.96. The van der Waals surface area contributed by atoms with Gasteiger partial charge in [0, 0.05) is 24.3 Å². The third-order valence-electron chi connectivity index (χ3n) is 4.13. The normalized spacial score (nSPS) is 11.3. The molecule has 0 N–H and O–H groups in total. The van der Waals surface area contributed by atoms with Crippen LogP contribution in [0.1, 0.15) is 30.0 Å². The Kier molecular flexibility index (Phi) is 4.87. The van der Waals surface area contributed by atoms with Crippen LogP contribution < -0.4 is 10.5 Å². The molecular formula is C19H20ClN3O3. The highest BCUT2D eigenvalue weighted by molar-refractivity contribution is 6.31. The molecule has 1 aromatic carbocycles. The van der Waals surface area contributed by atoms with Crippen molar-refractivity contribution in [2.75, 3.05) is 11.9 Å². The number of carbonyl (C=O) groups excluding carboxylic acids is 1. The molecule has 0 spiro atoms. The number of rotatable bonds is 4. The van der Waals surface area contributed by atoms with Gasteiger partial charge in [0.2, 0.25) is 5.71 Å². The van der Waals surface area contributed by atoms with E-state index in [0.29, 0.717) is 23.0 Å². The van der Waals surface area contributed by atoms with Crippen molar-refractivity contribution in [1.29, 1.82) is 0 Å². The molecule has 1 amide bonds. The van der Waals surface area contributed by atoms with Gasteiger partial charge in [-0.15, -0.1) is 0 Å². The number of furan rings is 1. The minimum atomic E-state index is -0.343. The van der Waals surface area contributed by atoms with Gasteiger partial charge in [0.05, 0.1) is 5.56 Å². The SMILES string of the molecule is Cc1oc2ncn(CC(C)C)c(=O)c2c1C(=O)N(C)c1cccc(Cl)c1. The second kappa shape index (κ2) is 6.96. The van der Waals surface area contributed by atoms with Crippen molar-refractivity contribution >= 4 is 34.3 Å². The number of benzene rings is 1. The zero-order valence-corrected chi connectivity index (χ0v) is 15.9. The largest absolute Gasteiger partial charge is 0.442 e. The Morgan fingerprint density at radius 1 is 1.38 bits per heavy atom. The fourth-order valence-corrected chi connectivity index (χ4v) is 3.07. The molecule has 3 aromatic rings. The van der Waals surface area contributed by atoms with Crippen molar-refractivity contribution in [3.63, 3.8) is 0 Å². The van der Waals surface area contributed by atoms with E-state index in [-0.39, 0.29) is 34.0 Å². The highest BCUT2D eigenvalue weighted by atomic mass is 35.5. The second-order valence-electron chi connectivity index (χ2n) is 6.65. The predicted molar refractivity (Wildman–Crippen MR) is 102 cm³/mol. The molecule has 2 aromatic heterocycles. The van der Waals surface area contributed by atoms with Gasteiger partial charge in [0.1, 0.15) is 17.5 Å². The summed E-state index contributed by atoms with van der Waals surface area (Å²) in [5.41, 5.74) is 0.763. The summed E-state index contributed by atoms with van der Waals surface area (Å²) in [6.07, 6.45) is 1.46. The maximum absolute atomic E-state index is 13.1. The molecule has 0 aliphatic carbocycles. The lowest BCUT2D eigenvalue weighted by atomic mass is 10.1. The van der Waals surface area contributed by atoms with Crippen LogP contribution >= 0.6 is 11.6 Å². The number of hydrogen-bond donors (Lipinski definition) is 0.